The summed E-state index contributed by atoms with van der Waals surface area (Å²) in [6, 6.07) is 10.4. The number of hydrogen-bond acceptors (Lipinski definition) is 5. The van der Waals surface area contributed by atoms with Crippen molar-refractivity contribution in [3.8, 4) is 0 Å². The highest BCUT2D eigenvalue weighted by molar-refractivity contribution is 5.85. The average Bonchev–Trinajstić information content (AvgIpc) is 3.12. The molecule has 26 heavy (non-hydrogen) atoms. The molecule has 4 rings (SSSR count). The summed E-state index contributed by atoms with van der Waals surface area (Å²) >= 11 is 0. The van der Waals surface area contributed by atoms with Gasteiger partial charge in [0, 0.05) is 6.54 Å². The summed E-state index contributed by atoms with van der Waals surface area (Å²) in [4.78, 5) is 8.44. The maximum atomic E-state index is 10.4. The minimum absolute atomic E-state index is 0.174. The van der Waals surface area contributed by atoms with Crippen molar-refractivity contribution < 1.29 is 5.11 Å². The summed E-state index contributed by atoms with van der Waals surface area (Å²) in [6.45, 7) is 0.884. The van der Waals surface area contributed by atoms with Crippen molar-refractivity contribution in [3.05, 3.63) is 48.4 Å². The van der Waals surface area contributed by atoms with E-state index in [4.69, 9.17) is 0 Å². The first-order valence-electron chi connectivity index (χ1n) is 9.39. The predicted molar refractivity (Wildman–Crippen MR) is 102 cm³/mol. The van der Waals surface area contributed by atoms with Gasteiger partial charge in [0.05, 0.1) is 17.7 Å². The molecule has 1 unspecified atom stereocenters. The third-order valence-electron chi connectivity index (χ3n) is 5.48. The van der Waals surface area contributed by atoms with Crippen LogP contribution in [0.2, 0.25) is 0 Å². The number of anilines is 1. The summed E-state index contributed by atoms with van der Waals surface area (Å²) in [5.41, 5.74) is 2.06. The van der Waals surface area contributed by atoms with Crippen molar-refractivity contribution in [3.63, 3.8) is 0 Å². The molecule has 1 aliphatic carbocycles. The first-order valence-corrected chi connectivity index (χ1v) is 9.39. The number of nitrogens with one attached hydrogen (secondary N) is 2. The Morgan fingerprint density at radius 3 is 2.88 bits per heavy atom. The maximum absolute atomic E-state index is 10.4. The minimum Gasteiger partial charge on any atom is -0.393 e. The van der Waals surface area contributed by atoms with Crippen LogP contribution in [-0.2, 0) is 6.42 Å². The first-order chi connectivity index (χ1) is 12.8. The van der Waals surface area contributed by atoms with Crippen molar-refractivity contribution in [1.29, 1.82) is 0 Å². The Morgan fingerprint density at radius 2 is 2.04 bits per heavy atom. The molecule has 1 atom stereocenters. The highest BCUT2D eigenvalue weighted by Gasteiger charge is 2.33. The van der Waals surface area contributed by atoms with E-state index >= 15 is 0 Å². The fraction of sp³-hybridized carbons (Fsp3) is 0.450. The van der Waals surface area contributed by atoms with Gasteiger partial charge in [0.2, 0.25) is 0 Å². The smallest absolute Gasteiger partial charge is 0.160 e. The van der Waals surface area contributed by atoms with Crippen LogP contribution in [0.15, 0.2) is 42.9 Å². The summed E-state index contributed by atoms with van der Waals surface area (Å²) in [5.74, 6) is 1.99. The first kappa shape index (κ1) is 17.0. The number of aromatic nitrogens is 4. The minimum atomic E-state index is -0.174. The van der Waals surface area contributed by atoms with Gasteiger partial charge in [0.25, 0.3) is 0 Å². The van der Waals surface area contributed by atoms with E-state index in [1.54, 1.807) is 12.5 Å². The molecule has 2 aromatic heterocycles. The number of rotatable bonds is 8. The molecule has 2 heterocycles. The zero-order valence-corrected chi connectivity index (χ0v) is 14.8. The van der Waals surface area contributed by atoms with Crippen LogP contribution in [0.3, 0.4) is 0 Å². The molecule has 1 aliphatic rings. The molecule has 0 saturated heterocycles. The lowest BCUT2D eigenvalue weighted by atomic mass is 9.70. The largest absolute Gasteiger partial charge is 0.393 e. The Kier molecular flexibility index (Phi) is 5.11. The fourth-order valence-electron chi connectivity index (χ4n) is 3.83. The number of H-pyrrole nitrogens is 1. The Bertz CT molecular complexity index is 828. The van der Waals surface area contributed by atoms with Gasteiger partial charge in [0.1, 0.15) is 12.1 Å². The Balaban J connectivity index is 1.17. The van der Waals surface area contributed by atoms with Crippen LogP contribution < -0.4 is 5.32 Å². The monoisotopic (exact) mass is 351 g/mol. The highest BCUT2D eigenvalue weighted by Crippen LogP contribution is 2.39. The predicted octanol–water partition coefficient (Wildman–Crippen LogP) is 3.17. The van der Waals surface area contributed by atoms with Crippen LogP contribution in [0.4, 0.5) is 5.82 Å². The average molecular weight is 351 g/mol. The SMILES string of the molecule is OC(CCc1ccccc1)[C@H]1C[C@@H](CCNc2ncnc3[nH]ncc23)C1. The Labute approximate surface area is 153 Å². The Hall–Kier alpha value is -2.47. The molecule has 0 bridgehead atoms. The molecule has 6 heteroatoms. The summed E-state index contributed by atoms with van der Waals surface area (Å²) in [6.07, 6.45) is 8.30. The zero-order valence-electron chi connectivity index (χ0n) is 14.8. The molecule has 0 radical (unpaired) electrons. The number of fused-ring (bicyclic) bond motifs is 1. The van der Waals surface area contributed by atoms with Gasteiger partial charge in [0.15, 0.2) is 5.65 Å². The van der Waals surface area contributed by atoms with Crippen LogP contribution in [0.1, 0.15) is 31.2 Å². The van der Waals surface area contributed by atoms with Crippen LogP contribution in [0, 0.1) is 11.8 Å². The second-order valence-corrected chi connectivity index (χ2v) is 7.26. The van der Waals surface area contributed by atoms with Crippen LogP contribution in [0.5, 0.6) is 0 Å². The summed E-state index contributed by atoms with van der Waals surface area (Å²) in [5, 5.41) is 21.6. The highest BCUT2D eigenvalue weighted by atomic mass is 16.3. The zero-order chi connectivity index (χ0) is 17.8. The second-order valence-electron chi connectivity index (χ2n) is 7.26. The van der Waals surface area contributed by atoms with E-state index in [1.165, 1.54) is 5.56 Å². The number of nitrogens with zero attached hydrogens (tertiary/aromatic N) is 3. The van der Waals surface area contributed by atoms with Gasteiger partial charge in [-0.05, 0) is 49.5 Å². The van der Waals surface area contributed by atoms with Crippen molar-refractivity contribution >= 4 is 16.9 Å². The second kappa shape index (κ2) is 7.83. The number of hydrogen-bond donors (Lipinski definition) is 3. The Morgan fingerprint density at radius 1 is 1.19 bits per heavy atom. The quantitative estimate of drug-likeness (QED) is 0.580. The molecule has 6 nitrogen and oxygen atoms in total. The molecule has 3 N–H and O–H groups in total. The molecule has 0 amide bonds. The molecular formula is C20H25N5O. The van der Waals surface area contributed by atoms with E-state index in [9.17, 15) is 5.11 Å². The van der Waals surface area contributed by atoms with Gasteiger partial charge >= 0.3 is 0 Å². The van der Waals surface area contributed by atoms with Crippen molar-refractivity contribution in [2.24, 2.45) is 11.8 Å². The molecule has 136 valence electrons. The lowest BCUT2D eigenvalue weighted by molar-refractivity contribution is 0.0210. The standard InChI is InChI=1S/C20H25N5O/c26-18(7-6-14-4-2-1-3-5-14)16-10-15(11-16)8-9-21-19-17-12-24-25-20(17)23-13-22-19/h1-5,12-13,15-16,18,26H,6-11H2,(H2,21,22,23,24,25)/t15-,16+,18?. The molecule has 0 aliphatic heterocycles. The molecule has 1 fully saturated rings. The van der Waals surface area contributed by atoms with E-state index in [-0.39, 0.29) is 6.10 Å². The van der Waals surface area contributed by atoms with Gasteiger partial charge in [-0.25, -0.2) is 9.97 Å². The van der Waals surface area contributed by atoms with Crippen molar-refractivity contribution in [1.82, 2.24) is 20.2 Å². The van der Waals surface area contributed by atoms with Crippen LogP contribution >= 0.6 is 0 Å². The molecule has 3 aromatic rings. The van der Waals surface area contributed by atoms with Gasteiger partial charge < -0.3 is 10.4 Å². The lowest BCUT2D eigenvalue weighted by Gasteiger charge is -2.38. The lowest BCUT2D eigenvalue weighted by Crippen LogP contribution is -2.34. The maximum Gasteiger partial charge on any atom is 0.160 e. The normalized spacial score (nSPS) is 20.7. The summed E-state index contributed by atoms with van der Waals surface area (Å²) < 4.78 is 0. The van der Waals surface area contributed by atoms with Gasteiger partial charge in [-0.15, -0.1) is 0 Å². The molecule has 1 aromatic carbocycles. The van der Waals surface area contributed by atoms with Gasteiger partial charge in [-0.3, -0.25) is 5.10 Å². The number of aliphatic hydroxyl groups excluding tert-OH is 1. The topological polar surface area (TPSA) is 86.7 Å². The van der Waals surface area contributed by atoms with E-state index in [1.807, 2.05) is 6.07 Å². The van der Waals surface area contributed by atoms with Crippen molar-refractivity contribution in [2.75, 3.05) is 11.9 Å². The molecular weight excluding hydrogens is 326 g/mol. The van der Waals surface area contributed by atoms with Gasteiger partial charge in [-0.1, -0.05) is 30.3 Å². The number of aliphatic hydroxyl groups is 1. The van der Waals surface area contributed by atoms with E-state index in [0.29, 0.717) is 11.8 Å². The molecule has 0 spiro atoms. The number of aryl methyl sites for hydroxylation is 1. The third kappa shape index (κ3) is 3.85. The third-order valence-corrected chi connectivity index (χ3v) is 5.48. The van der Waals surface area contributed by atoms with E-state index in [0.717, 1.165) is 55.5 Å². The van der Waals surface area contributed by atoms with E-state index in [2.05, 4.69) is 49.7 Å². The van der Waals surface area contributed by atoms with Crippen molar-refractivity contribution in [2.45, 2.75) is 38.2 Å². The number of benzene rings is 1. The van der Waals surface area contributed by atoms with Gasteiger partial charge in [-0.2, -0.15) is 5.10 Å². The van der Waals surface area contributed by atoms with Crippen LogP contribution in [-0.4, -0.2) is 37.9 Å². The van der Waals surface area contributed by atoms with E-state index < -0.39 is 0 Å². The fourth-order valence-corrected chi connectivity index (χ4v) is 3.83. The van der Waals surface area contributed by atoms with Crippen LogP contribution in [0.25, 0.3) is 11.0 Å². The number of aromatic amines is 1. The molecule has 1 saturated carbocycles. The summed E-state index contributed by atoms with van der Waals surface area (Å²) in [7, 11) is 0.